The molecule has 0 bridgehead atoms. The maximum absolute atomic E-state index is 14.7. The fraction of sp³-hybridized carbons (Fsp3) is 0.278. The molecule has 0 fully saturated rings. The highest BCUT2D eigenvalue weighted by molar-refractivity contribution is 5.88. The summed E-state index contributed by atoms with van der Waals surface area (Å²) < 4.78 is 94.6. The number of halogens is 5. The molecule has 6 rings (SSSR count). The highest BCUT2D eigenvalue weighted by Crippen LogP contribution is 2.34. The van der Waals surface area contributed by atoms with Gasteiger partial charge in [-0.15, -0.1) is 0 Å². The standard InChI is InChI=1S/C54H55F5N4O8/c1-60-29-40(64)28-41(61-2)52(65)63(4)43(54(67)70-32-35-18-12-7-13-19-35)27-39-25-37(21-23-45(39)69-31-34-16-10-6-11-17-34)36-20-22-44(68-30-33-14-8-5-9-15-33)38(24-36)26-42(62-3)53(66)71-51-49(58)47(56)46(55)48(57)50(51)59/h5-25,40-43,60-62,64H,26-32H2,1-4H3/t40-,41+,42+,43+/m1/s1. The number of aliphatic hydroxyl groups is 1. The van der Waals surface area contributed by atoms with Crippen LogP contribution in [0.4, 0.5) is 22.0 Å². The Kier molecular flexibility index (Phi) is 19.2. The first-order chi connectivity index (χ1) is 34.2. The molecule has 6 aromatic carbocycles. The number of hydrogen-bond acceptors (Lipinski definition) is 11. The van der Waals surface area contributed by atoms with Crippen LogP contribution in [0, 0.1) is 29.1 Å². The first-order valence-electron chi connectivity index (χ1n) is 22.7. The first kappa shape index (κ1) is 53.2. The summed E-state index contributed by atoms with van der Waals surface area (Å²) in [6.07, 6.45) is -1.19. The van der Waals surface area contributed by atoms with E-state index in [1.807, 2.05) is 78.9 Å². The van der Waals surface area contributed by atoms with E-state index < -0.39 is 76.9 Å². The summed E-state index contributed by atoms with van der Waals surface area (Å²) in [4.78, 5) is 43.3. The van der Waals surface area contributed by atoms with Crippen LogP contribution >= 0.6 is 0 Å². The molecule has 12 nitrogen and oxygen atoms in total. The molecule has 0 saturated carbocycles. The van der Waals surface area contributed by atoms with Crippen LogP contribution in [0.3, 0.4) is 0 Å². The van der Waals surface area contributed by atoms with Gasteiger partial charge < -0.3 is 44.9 Å². The third-order valence-corrected chi connectivity index (χ3v) is 11.7. The molecular formula is C54H55F5N4O8. The predicted molar refractivity (Wildman–Crippen MR) is 256 cm³/mol. The summed E-state index contributed by atoms with van der Waals surface area (Å²) >= 11 is 0. The third-order valence-electron chi connectivity index (χ3n) is 11.7. The molecule has 0 heterocycles. The highest BCUT2D eigenvalue weighted by atomic mass is 19.2. The lowest BCUT2D eigenvalue weighted by Gasteiger charge is -2.31. The van der Waals surface area contributed by atoms with Gasteiger partial charge in [-0.25, -0.2) is 22.8 Å². The van der Waals surface area contributed by atoms with Crippen LogP contribution < -0.4 is 30.2 Å². The van der Waals surface area contributed by atoms with Gasteiger partial charge >= 0.3 is 11.9 Å². The van der Waals surface area contributed by atoms with Gasteiger partial charge in [0, 0.05) is 26.4 Å². The Morgan fingerprint density at radius 1 is 0.577 bits per heavy atom. The van der Waals surface area contributed by atoms with Crippen LogP contribution in [0.25, 0.3) is 11.1 Å². The lowest BCUT2D eigenvalue weighted by Crippen LogP contribution is -2.52. The lowest BCUT2D eigenvalue weighted by molar-refractivity contribution is -0.156. The molecule has 0 spiro atoms. The largest absolute Gasteiger partial charge is 0.489 e. The molecule has 0 aliphatic carbocycles. The predicted octanol–water partition coefficient (Wildman–Crippen LogP) is 7.61. The topological polar surface area (TPSA) is 148 Å². The number of nitrogens with one attached hydrogen (secondary N) is 3. The Labute approximate surface area is 408 Å². The molecule has 0 aromatic heterocycles. The van der Waals surface area contributed by atoms with Crippen molar-refractivity contribution in [2.75, 3.05) is 34.7 Å². The van der Waals surface area contributed by atoms with Gasteiger partial charge in [0.15, 0.2) is 0 Å². The number of esters is 2. The van der Waals surface area contributed by atoms with Crippen molar-refractivity contribution in [3.8, 4) is 28.4 Å². The number of ether oxygens (including phenoxy) is 4. The van der Waals surface area contributed by atoms with Crippen LogP contribution in [0.15, 0.2) is 127 Å². The molecule has 71 heavy (non-hydrogen) atoms. The zero-order chi connectivity index (χ0) is 51.0. The van der Waals surface area contributed by atoms with Gasteiger partial charge in [0.25, 0.3) is 0 Å². The molecule has 0 saturated heterocycles. The minimum atomic E-state index is -2.40. The summed E-state index contributed by atoms with van der Waals surface area (Å²) in [6, 6.07) is 34.6. The van der Waals surface area contributed by atoms with Crippen LogP contribution in [0.5, 0.6) is 17.2 Å². The third kappa shape index (κ3) is 14.0. The molecule has 4 N–H and O–H groups in total. The first-order valence-corrected chi connectivity index (χ1v) is 22.7. The molecule has 0 aliphatic heterocycles. The average Bonchev–Trinajstić information content (AvgIpc) is 3.39. The summed E-state index contributed by atoms with van der Waals surface area (Å²) in [6.45, 7) is 0.407. The van der Waals surface area contributed by atoms with E-state index in [2.05, 4.69) is 16.0 Å². The number of benzene rings is 6. The monoisotopic (exact) mass is 982 g/mol. The Hall–Kier alpha value is -7.18. The van der Waals surface area contributed by atoms with Crippen LogP contribution in [-0.2, 0) is 51.8 Å². The van der Waals surface area contributed by atoms with E-state index >= 15 is 0 Å². The number of amides is 1. The van der Waals surface area contributed by atoms with E-state index in [4.69, 9.17) is 18.9 Å². The highest BCUT2D eigenvalue weighted by Gasteiger charge is 2.35. The summed E-state index contributed by atoms with van der Waals surface area (Å²) in [7, 11) is 6.12. The molecule has 4 atom stereocenters. The second-order valence-electron chi connectivity index (χ2n) is 16.6. The van der Waals surface area contributed by atoms with Crippen LogP contribution in [0.1, 0.15) is 34.2 Å². The molecule has 1 amide bonds. The second kappa shape index (κ2) is 25.6. The fourth-order valence-electron chi connectivity index (χ4n) is 7.70. The molecule has 374 valence electrons. The van der Waals surface area contributed by atoms with Crippen molar-refractivity contribution in [2.45, 2.75) is 63.3 Å². The number of rotatable bonds is 24. The van der Waals surface area contributed by atoms with Crippen molar-refractivity contribution in [3.63, 3.8) is 0 Å². The fourth-order valence-corrected chi connectivity index (χ4v) is 7.70. The quantitative estimate of drug-likeness (QED) is 0.0156. The van der Waals surface area contributed by atoms with Crippen molar-refractivity contribution in [3.05, 3.63) is 184 Å². The van der Waals surface area contributed by atoms with Crippen molar-refractivity contribution >= 4 is 17.8 Å². The molecule has 17 heteroatoms. The SMILES string of the molecule is CNC[C@H](O)C[C@H](NC)C(=O)N(C)[C@@H](Cc1cc(-c2ccc(OCc3ccccc3)c(C[C@H](NC)C(=O)Oc3c(F)c(F)c(F)c(F)c3F)c2)ccc1OCc1ccccc1)C(=O)OCc1ccccc1. The van der Waals surface area contributed by atoms with Crippen molar-refractivity contribution in [1.82, 2.24) is 20.9 Å². The Balaban J connectivity index is 1.40. The summed E-state index contributed by atoms with van der Waals surface area (Å²) in [5.41, 5.74) is 4.42. The molecule has 0 radical (unpaired) electrons. The number of aliphatic hydroxyl groups excluding tert-OH is 1. The van der Waals surface area contributed by atoms with E-state index in [-0.39, 0.29) is 45.6 Å². The van der Waals surface area contributed by atoms with Gasteiger partial charge in [0.05, 0.1) is 12.1 Å². The molecule has 0 unspecified atom stereocenters. The van der Waals surface area contributed by atoms with Gasteiger partial charge in [-0.1, -0.05) is 103 Å². The molecule has 6 aromatic rings. The van der Waals surface area contributed by atoms with E-state index in [1.165, 1.54) is 19.0 Å². The summed E-state index contributed by atoms with van der Waals surface area (Å²) in [5.74, 6) is -15.1. The van der Waals surface area contributed by atoms with E-state index in [0.29, 0.717) is 33.8 Å². The Morgan fingerprint density at radius 2 is 1.03 bits per heavy atom. The van der Waals surface area contributed by atoms with Crippen molar-refractivity contribution in [2.24, 2.45) is 0 Å². The van der Waals surface area contributed by atoms with Gasteiger partial charge in [-0.05, 0) is 90.8 Å². The van der Waals surface area contributed by atoms with Crippen molar-refractivity contribution in [1.29, 1.82) is 0 Å². The van der Waals surface area contributed by atoms with Gasteiger partial charge in [0.1, 0.15) is 43.4 Å². The zero-order valence-electron chi connectivity index (χ0n) is 39.5. The smallest absolute Gasteiger partial charge is 0.329 e. The Bertz CT molecular complexity index is 2710. The minimum Gasteiger partial charge on any atom is -0.489 e. The average molecular weight is 983 g/mol. The van der Waals surface area contributed by atoms with Crippen LogP contribution in [-0.4, -0.2) is 86.8 Å². The maximum atomic E-state index is 14.7. The number of carbonyl (C=O) groups excluding carboxylic acids is 3. The number of hydrogen-bond donors (Lipinski definition) is 4. The lowest BCUT2D eigenvalue weighted by atomic mass is 9.95. The van der Waals surface area contributed by atoms with Gasteiger partial charge in [-0.2, -0.15) is 8.78 Å². The number of carbonyl (C=O) groups is 3. The normalized spacial score (nSPS) is 12.9. The second-order valence-corrected chi connectivity index (χ2v) is 16.6. The summed E-state index contributed by atoms with van der Waals surface area (Å²) in [5, 5.41) is 19.2. The van der Waals surface area contributed by atoms with E-state index in [0.717, 1.165) is 16.7 Å². The molecule has 0 aliphatic rings. The van der Waals surface area contributed by atoms with E-state index in [9.17, 15) is 41.4 Å². The Morgan fingerprint density at radius 3 is 1.49 bits per heavy atom. The zero-order valence-corrected chi connectivity index (χ0v) is 39.5. The van der Waals surface area contributed by atoms with Gasteiger partial charge in [-0.3, -0.25) is 4.79 Å². The van der Waals surface area contributed by atoms with Gasteiger partial charge in [0.2, 0.25) is 40.7 Å². The number of nitrogens with zero attached hydrogens (tertiary/aromatic N) is 1. The maximum Gasteiger partial charge on any atom is 0.329 e. The number of likely N-dealkylation sites (N-methyl/N-ethyl adjacent to an activating group) is 4. The molecular weight excluding hydrogens is 928 g/mol. The van der Waals surface area contributed by atoms with E-state index in [1.54, 1.807) is 62.6 Å². The van der Waals surface area contributed by atoms with Crippen molar-refractivity contribution < 1.29 is 60.4 Å². The minimum absolute atomic E-state index is 0.0455. The van der Waals surface area contributed by atoms with Crippen LogP contribution in [0.2, 0.25) is 0 Å².